The van der Waals surface area contributed by atoms with Crippen LogP contribution in [0.4, 0.5) is 11.4 Å². The Bertz CT molecular complexity index is 3470. The molecule has 0 saturated carbocycles. The van der Waals surface area contributed by atoms with Crippen molar-refractivity contribution in [3.05, 3.63) is 310 Å². The molecular formula is C70H63N. The maximum atomic E-state index is 2.52. The van der Waals surface area contributed by atoms with Crippen molar-refractivity contribution >= 4 is 44.2 Å². The summed E-state index contributed by atoms with van der Waals surface area (Å²) in [7, 11) is 0. The van der Waals surface area contributed by atoms with Gasteiger partial charge in [0.25, 0.3) is 0 Å². The van der Waals surface area contributed by atoms with Crippen LogP contribution in [-0.4, -0.2) is 0 Å². The topological polar surface area (TPSA) is 3.24 Å². The van der Waals surface area contributed by atoms with Crippen LogP contribution in [0.2, 0.25) is 0 Å². The third kappa shape index (κ3) is 11.4. The van der Waals surface area contributed by atoms with E-state index < -0.39 is 0 Å². The number of para-hydroxylation sites is 1. The smallest absolute Gasteiger partial charge is 0.0504 e. The summed E-state index contributed by atoms with van der Waals surface area (Å²) in [5, 5.41) is 7.99. The monoisotopic (exact) mass is 917 g/mol. The number of anilines is 2. The predicted octanol–water partition coefficient (Wildman–Crippen LogP) is 17.2. The molecule has 1 nitrogen and oxygen atoms in total. The van der Waals surface area contributed by atoms with Crippen molar-refractivity contribution in [2.45, 2.75) is 47.5 Å². The van der Waals surface area contributed by atoms with Crippen LogP contribution in [0.25, 0.3) is 43.9 Å². The van der Waals surface area contributed by atoms with Gasteiger partial charge in [-0.2, -0.15) is 0 Å². The second-order valence-electron chi connectivity index (χ2n) is 19.0. The maximum Gasteiger partial charge on any atom is 0.0504 e. The molecule has 348 valence electrons. The van der Waals surface area contributed by atoms with E-state index in [0.717, 1.165) is 0 Å². The van der Waals surface area contributed by atoms with Gasteiger partial charge in [0.05, 0.1) is 5.69 Å². The lowest BCUT2D eigenvalue weighted by molar-refractivity contribution is 0.734. The van der Waals surface area contributed by atoms with E-state index in [1.165, 1.54) is 105 Å². The zero-order chi connectivity index (χ0) is 49.1. The zero-order valence-electron chi connectivity index (χ0n) is 41.9. The average Bonchev–Trinajstić information content (AvgIpc) is 3.75. The van der Waals surface area contributed by atoms with Crippen molar-refractivity contribution in [1.82, 2.24) is 0 Å². The van der Waals surface area contributed by atoms with Crippen molar-refractivity contribution in [1.29, 1.82) is 0 Å². The molecule has 0 spiro atoms. The molecule has 1 heterocycles. The number of fused-ring (bicyclic) bond motifs is 8. The first-order valence-electron chi connectivity index (χ1n) is 24.9. The minimum atomic E-state index is 0.296. The Hall–Kier alpha value is -8.26. The standard InChI is InChI=1S/C34H27N.2C11H10.2C7H8/c1-22-18-23(2)20-25(19-22)24-16-17-31-32(21-24)35(26-10-4-3-5-11-26)34-30-15-9-7-13-28(30)27-12-6-8-14-29(27)33(31)34;2*1-9-6-7-10-4-2-3-5-11(10)8-9;2*1-7-5-3-2-4-6-7/h3-21,29,33H,1-2H3;2*2-8H,1H3;2*2-6H,1H3. The summed E-state index contributed by atoms with van der Waals surface area (Å²) in [6, 6.07) is 84.1. The molecule has 0 bridgehead atoms. The van der Waals surface area contributed by atoms with Gasteiger partial charge in [0.2, 0.25) is 0 Å². The number of hydrogen-bond acceptors (Lipinski definition) is 1. The molecule has 2 aliphatic carbocycles. The molecule has 1 aliphatic heterocycles. The number of nitrogens with zero attached hydrogens (tertiary/aromatic N) is 1. The zero-order valence-corrected chi connectivity index (χ0v) is 41.9. The fraction of sp³-hybridized carbons (Fsp3) is 0.114. The van der Waals surface area contributed by atoms with Crippen molar-refractivity contribution in [2.75, 3.05) is 4.90 Å². The first kappa shape index (κ1) is 47.8. The van der Waals surface area contributed by atoms with Gasteiger partial charge in [-0.3, -0.25) is 0 Å². The number of benzene rings is 10. The summed E-state index contributed by atoms with van der Waals surface area (Å²) in [5.41, 5.74) is 17.2. The van der Waals surface area contributed by atoms with E-state index in [2.05, 4.69) is 271 Å². The normalized spacial score (nSPS) is 14.4. The molecule has 0 N–H and O–H groups in total. The van der Waals surface area contributed by atoms with E-state index in [9.17, 15) is 0 Å². The molecule has 0 saturated heterocycles. The fourth-order valence-electron chi connectivity index (χ4n) is 10.0. The Morgan fingerprint density at radius 3 is 1.37 bits per heavy atom. The number of aryl methyl sites for hydroxylation is 6. The maximum absolute atomic E-state index is 2.52. The highest BCUT2D eigenvalue weighted by Crippen LogP contribution is 2.55. The Labute approximate surface area is 421 Å². The van der Waals surface area contributed by atoms with Gasteiger partial charge in [0, 0.05) is 28.4 Å². The first-order valence-corrected chi connectivity index (χ1v) is 24.9. The van der Waals surface area contributed by atoms with Crippen LogP contribution in [0.3, 0.4) is 0 Å². The van der Waals surface area contributed by atoms with Gasteiger partial charge in [0.1, 0.15) is 0 Å². The summed E-state index contributed by atoms with van der Waals surface area (Å²) >= 11 is 0. The van der Waals surface area contributed by atoms with Crippen molar-refractivity contribution in [2.24, 2.45) is 5.92 Å². The van der Waals surface area contributed by atoms with Gasteiger partial charge in [-0.1, -0.05) is 276 Å². The Morgan fingerprint density at radius 2 is 0.831 bits per heavy atom. The highest BCUT2D eigenvalue weighted by Gasteiger charge is 2.42. The SMILES string of the molecule is Cc1cc(C)cc(-c2ccc3c(c2)N(c2ccccc2)C2=c4ccccc4=C4C=CC=CC4C23)c1.Cc1ccc2ccccc2c1.Cc1ccc2ccccc2c1.Cc1ccccc1.Cc1ccccc1. The lowest BCUT2D eigenvalue weighted by atomic mass is 9.74. The van der Waals surface area contributed by atoms with Gasteiger partial charge >= 0.3 is 0 Å². The molecule has 71 heavy (non-hydrogen) atoms. The molecule has 10 aromatic carbocycles. The molecule has 0 fully saturated rings. The van der Waals surface area contributed by atoms with Crippen LogP contribution in [-0.2, 0) is 0 Å². The molecule has 2 unspecified atom stereocenters. The molecular weight excluding hydrogens is 855 g/mol. The van der Waals surface area contributed by atoms with Crippen molar-refractivity contribution < 1.29 is 0 Å². The van der Waals surface area contributed by atoms with E-state index in [1.54, 1.807) is 0 Å². The molecule has 13 rings (SSSR count). The van der Waals surface area contributed by atoms with Crippen LogP contribution in [0.15, 0.2) is 261 Å². The minimum Gasteiger partial charge on any atom is -0.313 e. The van der Waals surface area contributed by atoms with Crippen molar-refractivity contribution in [3.8, 4) is 11.1 Å². The van der Waals surface area contributed by atoms with Crippen LogP contribution in [0.1, 0.15) is 44.9 Å². The van der Waals surface area contributed by atoms with Gasteiger partial charge in [-0.25, -0.2) is 0 Å². The number of hydrogen-bond donors (Lipinski definition) is 0. The Kier molecular flexibility index (Phi) is 15.1. The van der Waals surface area contributed by atoms with Gasteiger partial charge < -0.3 is 4.90 Å². The van der Waals surface area contributed by atoms with Gasteiger partial charge in [0.15, 0.2) is 0 Å². The Balaban J connectivity index is 0.000000139. The van der Waals surface area contributed by atoms with Crippen molar-refractivity contribution in [3.63, 3.8) is 0 Å². The Morgan fingerprint density at radius 1 is 0.338 bits per heavy atom. The summed E-state index contributed by atoms with van der Waals surface area (Å²) in [6.45, 7) is 12.8. The van der Waals surface area contributed by atoms with E-state index in [1.807, 2.05) is 36.4 Å². The minimum absolute atomic E-state index is 0.296. The third-order valence-electron chi connectivity index (χ3n) is 13.3. The quantitative estimate of drug-likeness (QED) is 0.167. The highest BCUT2D eigenvalue weighted by atomic mass is 15.2. The van der Waals surface area contributed by atoms with Crippen LogP contribution in [0, 0.1) is 47.5 Å². The lowest BCUT2D eigenvalue weighted by Crippen LogP contribution is -2.40. The molecule has 0 aromatic heterocycles. The lowest BCUT2D eigenvalue weighted by Gasteiger charge is -2.32. The largest absolute Gasteiger partial charge is 0.313 e. The number of rotatable bonds is 2. The van der Waals surface area contributed by atoms with Gasteiger partial charge in [-0.05, 0) is 109 Å². The molecule has 0 radical (unpaired) electrons. The summed E-state index contributed by atoms with van der Waals surface area (Å²) in [5.74, 6) is 0.633. The molecule has 1 heteroatoms. The molecule has 2 atom stereocenters. The average molecular weight is 918 g/mol. The molecule has 0 amide bonds. The molecule has 3 aliphatic rings. The van der Waals surface area contributed by atoms with E-state index >= 15 is 0 Å². The second-order valence-corrected chi connectivity index (χ2v) is 19.0. The van der Waals surface area contributed by atoms with Crippen LogP contribution in [0.5, 0.6) is 0 Å². The number of allylic oxidation sites excluding steroid dienone is 4. The van der Waals surface area contributed by atoms with E-state index in [0.29, 0.717) is 11.8 Å². The molecule has 10 aromatic rings. The summed E-state index contributed by atoms with van der Waals surface area (Å²) in [4.78, 5) is 2.52. The summed E-state index contributed by atoms with van der Waals surface area (Å²) in [6.07, 6.45) is 9.11. The predicted molar refractivity (Wildman–Crippen MR) is 307 cm³/mol. The summed E-state index contributed by atoms with van der Waals surface area (Å²) < 4.78 is 0. The van der Waals surface area contributed by atoms with Gasteiger partial charge in [-0.15, -0.1) is 0 Å². The highest BCUT2D eigenvalue weighted by molar-refractivity contribution is 5.96. The van der Waals surface area contributed by atoms with Crippen LogP contribution < -0.4 is 15.3 Å². The third-order valence-corrected chi connectivity index (χ3v) is 13.3. The van der Waals surface area contributed by atoms with Crippen LogP contribution >= 0.6 is 0 Å². The fourth-order valence-corrected chi connectivity index (χ4v) is 10.0. The van der Waals surface area contributed by atoms with E-state index in [-0.39, 0.29) is 0 Å². The van der Waals surface area contributed by atoms with E-state index in [4.69, 9.17) is 0 Å². The second kappa shape index (κ2) is 22.4. The first-order chi connectivity index (χ1) is 34.7.